The van der Waals surface area contributed by atoms with Gasteiger partial charge in [-0.1, -0.05) is 18.2 Å². The summed E-state index contributed by atoms with van der Waals surface area (Å²) in [5.74, 6) is 0.544. The Hall–Kier alpha value is -2.29. The normalized spacial score (nSPS) is 10.8. The molecule has 3 rings (SSSR count). The zero-order chi connectivity index (χ0) is 11.0. The average molecular weight is 209 g/mol. The van der Waals surface area contributed by atoms with Crippen molar-refractivity contribution in [3.63, 3.8) is 0 Å². The summed E-state index contributed by atoms with van der Waals surface area (Å²) in [5, 5.41) is 1.20. The van der Waals surface area contributed by atoms with Crippen LogP contribution in [0.4, 0.5) is 5.82 Å². The monoisotopic (exact) mass is 209 g/mol. The minimum absolute atomic E-state index is 0.544. The smallest absolute Gasteiger partial charge is 0.123 e. The van der Waals surface area contributed by atoms with Crippen LogP contribution in [0.3, 0.4) is 0 Å². The van der Waals surface area contributed by atoms with Crippen LogP contribution in [0.1, 0.15) is 0 Å². The molecule has 0 aliphatic heterocycles. The Balaban J connectivity index is 2.26. The molecule has 0 unspecified atom stereocenters. The van der Waals surface area contributed by atoms with E-state index >= 15 is 0 Å². The number of nitrogens with one attached hydrogen (secondary N) is 1. The highest BCUT2D eigenvalue weighted by atomic mass is 14.8. The predicted octanol–water partition coefficient (Wildman–Crippen LogP) is 2.81. The number of hydrogen-bond donors (Lipinski definition) is 2. The van der Waals surface area contributed by atoms with Crippen molar-refractivity contribution in [3.8, 4) is 11.1 Å². The van der Waals surface area contributed by atoms with E-state index in [0.717, 1.165) is 16.6 Å². The first-order valence-corrected chi connectivity index (χ1v) is 5.12. The van der Waals surface area contributed by atoms with Crippen molar-refractivity contribution in [2.45, 2.75) is 0 Å². The van der Waals surface area contributed by atoms with Gasteiger partial charge in [0.1, 0.15) is 5.82 Å². The maximum atomic E-state index is 5.69. The Kier molecular flexibility index (Phi) is 1.90. The lowest BCUT2D eigenvalue weighted by molar-refractivity contribution is 1.34. The van der Waals surface area contributed by atoms with Gasteiger partial charge in [-0.2, -0.15) is 0 Å². The largest absolute Gasteiger partial charge is 0.384 e. The van der Waals surface area contributed by atoms with Gasteiger partial charge >= 0.3 is 0 Å². The highest BCUT2D eigenvalue weighted by Gasteiger charge is 2.05. The van der Waals surface area contributed by atoms with Crippen molar-refractivity contribution in [3.05, 3.63) is 48.8 Å². The molecule has 0 atom stereocenters. The molecular weight excluding hydrogens is 198 g/mol. The fourth-order valence-corrected chi connectivity index (χ4v) is 1.93. The Morgan fingerprint density at radius 3 is 2.88 bits per heavy atom. The number of nitrogens with two attached hydrogens (primary N) is 1. The molecule has 1 aromatic carbocycles. The lowest BCUT2D eigenvalue weighted by Crippen LogP contribution is -1.88. The second kappa shape index (κ2) is 3.38. The third-order valence-electron chi connectivity index (χ3n) is 2.68. The second-order valence-corrected chi connectivity index (χ2v) is 3.72. The third-order valence-corrected chi connectivity index (χ3v) is 2.68. The molecule has 0 spiro atoms. The van der Waals surface area contributed by atoms with E-state index in [1.165, 1.54) is 5.39 Å². The number of pyridine rings is 1. The van der Waals surface area contributed by atoms with Crippen molar-refractivity contribution in [2.24, 2.45) is 0 Å². The summed E-state index contributed by atoms with van der Waals surface area (Å²) in [6.07, 6.45) is 3.73. The summed E-state index contributed by atoms with van der Waals surface area (Å²) in [7, 11) is 0. The number of anilines is 1. The maximum absolute atomic E-state index is 5.69. The van der Waals surface area contributed by atoms with Crippen LogP contribution in [0.5, 0.6) is 0 Å². The van der Waals surface area contributed by atoms with E-state index in [9.17, 15) is 0 Å². The zero-order valence-corrected chi connectivity index (χ0v) is 8.64. The number of aromatic nitrogens is 2. The highest BCUT2D eigenvalue weighted by Crippen LogP contribution is 2.28. The van der Waals surface area contributed by atoms with Gasteiger partial charge in [0.05, 0.1) is 0 Å². The van der Waals surface area contributed by atoms with Gasteiger partial charge in [-0.05, 0) is 23.8 Å². The second-order valence-electron chi connectivity index (χ2n) is 3.72. The molecule has 0 aliphatic rings. The van der Waals surface area contributed by atoms with Crippen molar-refractivity contribution >= 4 is 16.7 Å². The molecule has 3 aromatic rings. The van der Waals surface area contributed by atoms with E-state index < -0.39 is 0 Å². The molecule has 0 fully saturated rings. The summed E-state index contributed by atoms with van der Waals surface area (Å²) >= 11 is 0. The summed E-state index contributed by atoms with van der Waals surface area (Å²) in [6, 6.07) is 12.1. The average Bonchev–Trinajstić information content (AvgIpc) is 2.72. The molecule has 0 bridgehead atoms. The number of rotatable bonds is 1. The van der Waals surface area contributed by atoms with Gasteiger partial charge in [0.15, 0.2) is 0 Å². The van der Waals surface area contributed by atoms with E-state index in [-0.39, 0.29) is 0 Å². The number of nitrogens with zero attached hydrogens (tertiary/aromatic N) is 1. The van der Waals surface area contributed by atoms with Gasteiger partial charge in [0.2, 0.25) is 0 Å². The molecule has 3 heteroatoms. The van der Waals surface area contributed by atoms with Crippen molar-refractivity contribution < 1.29 is 0 Å². The lowest BCUT2D eigenvalue weighted by Gasteiger charge is -2.00. The number of para-hydroxylation sites is 1. The Morgan fingerprint density at radius 1 is 1.12 bits per heavy atom. The molecule has 2 aromatic heterocycles. The molecule has 0 radical (unpaired) electrons. The first kappa shape index (κ1) is 8.97. The first-order valence-electron chi connectivity index (χ1n) is 5.12. The number of fused-ring (bicyclic) bond motifs is 1. The predicted molar refractivity (Wildman–Crippen MR) is 65.9 cm³/mol. The van der Waals surface area contributed by atoms with Crippen molar-refractivity contribution in [2.75, 3.05) is 5.73 Å². The zero-order valence-electron chi connectivity index (χ0n) is 8.64. The van der Waals surface area contributed by atoms with Crippen molar-refractivity contribution in [1.82, 2.24) is 9.97 Å². The molecule has 0 saturated carbocycles. The molecule has 16 heavy (non-hydrogen) atoms. The van der Waals surface area contributed by atoms with Crippen LogP contribution in [0, 0.1) is 0 Å². The minimum Gasteiger partial charge on any atom is -0.384 e. The lowest BCUT2D eigenvalue weighted by atomic mass is 10.1. The number of hydrogen-bond acceptors (Lipinski definition) is 2. The molecule has 0 amide bonds. The van der Waals surface area contributed by atoms with Gasteiger partial charge in [-0.15, -0.1) is 0 Å². The van der Waals surface area contributed by atoms with Gasteiger partial charge < -0.3 is 10.7 Å². The van der Waals surface area contributed by atoms with Gasteiger partial charge in [-0.3, -0.25) is 0 Å². The van der Waals surface area contributed by atoms with Crippen LogP contribution in [0.25, 0.3) is 22.0 Å². The van der Waals surface area contributed by atoms with Crippen LogP contribution in [0.15, 0.2) is 48.8 Å². The maximum Gasteiger partial charge on any atom is 0.123 e. The van der Waals surface area contributed by atoms with Crippen LogP contribution in [-0.2, 0) is 0 Å². The molecule has 0 aliphatic carbocycles. The van der Waals surface area contributed by atoms with E-state index in [0.29, 0.717) is 5.82 Å². The molecule has 2 heterocycles. The minimum atomic E-state index is 0.544. The summed E-state index contributed by atoms with van der Waals surface area (Å²) in [4.78, 5) is 7.24. The van der Waals surface area contributed by atoms with Crippen molar-refractivity contribution in [1.29, 1.82) is 0 Å². The Bertz CT molecular complexity index is 640. The molecule has 78 valence electrons. The molecule has 0 saturated heterocycles. The van der Waals surface area contributed by atoms with E-state index in [4.69, 9.17) is 5.73 Å². The fourth-order valence-electron chi connectivity index (χ4n) is 1.93. The van der Waals surface area contributed by atoms with Crippen LogP contribution < -0.4 is 5.73 Å². The number of nitrogen functional groups attached to an aromatic ring is 1. The van der Waals surface area contributed by atoms with E-state index in [1.54, 1.807) is 6.20 Å². The topological polar surface area (TPSA) is 54.7 Å². The highest BCUT2D eigenvalue weighted by molar-refractivity contribution is 5.95. The van der Waals surface area contributed by atoms with Gasteiger partial charge in [0.25, 0.3) is 0 Å². The summed E-state index contributed by atoms with van der Waals surface area (Å²) in [6.45, 7) is 0. The van der Waals surface area contributed by atoms with E-state index in [2.05, 4.69) is 22.1 Å². The van der Waals surface area contributed by atoms with E-state index in [1.807, 2.05) is 30.5 Å². The fraction of sp³-hybridized carbons (Fsp3) is 0. The summed E-state index contributed by atoms with van der Waals surface area (Å²) in [5.41, 5.74) is 9.06. The first-order chi connectivity index (χ1) is 7.84. The standard InChI is InChI=1S/C13H11N3/c14-13-7-9(5-6-15-13)11-8-16-12-4-2-1-3-10(11)12/h1-8,16H,(H2,14,15). The quantitative estimate of drug-likeness (QED) is 0.647. The van der Waals surface area contributed by atoms with Crippen LogP contribution in [0.2, 0.25) is 0 Å². The number of benzene rings is 1. The summed E-state index contributed by atoms with van der Waals surface area (Å²) < 4.78 is 0. The number of H-pyrrole nitrogens is 1. The van der Waals surface area contributed by atoms with Crippen LogP contribution >= 0.6 is 0 Å². The molecular formula is C13H11N3. The molecule has 3 N–H and O–H groups in total. The number of aromatic amines is 1. The van der Waals surface area contributed by atoms with Crippen LogP contribution in [-0.4, -0.2) is 9.97 Å². The van der Waals surface area contributed by atoms with Gasteiger partial charge in [-0.25, -0.2) is 4.98 Å². The van der Waals surface area contributed by atoms with Gasteiger partial charge in [0, 0.05) is 28.9 Å². The Labute approximate surface area is 92.9 Å². The Morgan fingerprint density at radius 2 is 2.00 bits per heavy atom. The SMILES string of the molecule is Nc1cc(-c2c[nH]c3ccccc23)ccn1. The molecule has 3 nitrogen and oxygen atoms in total. The third kappa shape index (κ3) is 1.34.